The highest BCUT2D eigenvalue weighted by Crippen LogP contribution is 2.26. The lowest BCUT2D eigenvalue weighted by Crippen LogP contribution is -2.19. The zero-order valence-electron chi connectivity index (χ0n) is 10.7. The summed E-state index contributed by atoms with van der Waals surface area (Å²) in [5.74, 6) is 0.112. The van der Waals surface area contributed by atoms with E-state index in [0.717, 1.165) is 17.8 Å². The summed E-state index contributed by atoms with van der Waals surface area (Å²) in [6, 6.07) is 10.5. The second-order valence-electron chi connectivity index (χ2n) is 4.84. The molecule has 0 bridgehead atoms. The summed E-state index contributed by atoms with van der Waals surface area (Å²) in [4.78, 5) is 11.4. The first-order valence-corrected chi connectivity index (χ1v) is 6.23. The number of fused-ring (bicyclic) bond motifs is 1. The van der Waals surface area contributed by atoms with E-state index >= 15 is 0 Å². The van der Waals surface area contributed by atoms with Crippen LogP contribution in [-0.2, 0) is 11.2 Å². The Morgan fingerprint density at radius 1 is 1.06 bits per heavy atom. The van der Waals surface area contributed by atoms with E-state index in [1.807, 2.05) is 0 Å². The smallest absolute Gasteiger partial charge is 0.224 e. The third kappa shape index (κ3) is 1.72. The Morgan fingerprint density at radius 3 is 2.50 bits per heavy atom. The average molecular weight is 240 g/mol. The van der Waals surface area contributed by atoms with Crippen LogP contribution in [0.2, 0.25) is 0 Å². The first kappa shape index (κ1) is 11.1. The molecule has 18 heavy (non-hydrogen) atoms. The van der Waals surface area contributed by atoms with E-state index in [-0.39, 0.29) is 5.91 Å². The highest BCUT2D eigenvalue weighted by Gasteiger charge is 2.15. The monoisotopic (exact) mass is 240 g/mol. The lowest BCUT2D eigenvalue weighted by Gasteiger charge is -2.19. The molecule has 3 nitrogen and oxygen atoms in total. The highest BCUT2D eigenvalue weighted by molar-refractivity contribution is 5.94. The number of amides is 1. The van der Waals surface area contributed by atoms with E-state index in [9.17, 15) is 4.79 Å². The van der Waals surface area contributed by atoms with Gasteiger partial charge < -0.3 is 9.88 Å². The number of nitrogens with one attached hydrogen (secondary N) is 1. The number of carbonyl (C=O) groups is 1. The average Bonchev–Trinajstić information content (AvgIpc) is 2.68. The molecule has 3 rings (SSSR count). The third-order valence-electron chi connectivity index (χ3n) is 3.52. The first-order chi connectivity index (χ1) is 8.65. The van der Waals surface area contributed by atoms with Gasteiger partial charge in [0.05, 0.1) is 0 Å². The van der Waals surface area contributed by atoms with Crippen molar-refractivity contribution in [2.45, 2.75) is 26.7 Å². The van der Waals surface area contributed by atoms with Crippen molar-refractivity contribution in [1.29, 1.82) is 0 Å². The maximum atomic E-state index is 11.4. The summed E-state index contributed by atoms with van der Waals surface area (Å²) >= 11 is 0. The second kappa shape index (κ2) is 4.02. The number of aryl methyl sites for hydroxylation is 3. The number of benzene rings is 1. The van der Waals surface area contributed by atoms with Gasteiger partial charge in [-0.3, -0.25) is 4.79 Å². The molecule has 1 N–H and O–H groups in total. The molecule has 0 radical (unpaired) electrons. The van der Waals surface area contributed by atoms with Crippen molar-refractivity contribution in [2.75, 3.05) is 5.32 Å². The third-order valence-corrected chi connectivity index (χ3v) is 3.52. The number of aromatic nitrogens is 1. The van der Waals surface area contributed by atoms with E-state index in [4.69, 9.17) is 0 Å². The molecule has 0 atom stereocenters. The molecule has 1 aliphatic heterocycles. The summed E-state index contributed by atoms with van der Waals surface area (Å²) in [7, 11) is 0. The van der Waals surface area contributed by atoms with Crippen LogP contribution < -0.4 is 5.32 Å². The maximum absolute atomic E-state index is 11.4. The Bertz CT molecular complexity index is 606. The van der Waals surface area contributed by atoms with Gasteiger partial charge in [-0.1, -0.05) is 6.07 Å². The minimum absolute atomic E-state index is 0.112. The number of anilines is 1. The zero-order valence-corrected chi connectivity index (χ0v) is 10.7. The van der Waals surface area contributed by atoms with Gasteiger partial charge in [0.2, 0.25) is 5.91 Å². The fourth-order valence-electron chi connectivity index (χ4n) is 2.57. The summed E-state index contributed by atoms with van der Waals surface area (Å²) in [5.41, 5.74) is 5.69. The van der Waals surface area contributed by atoms with Crippen molar-refractivity contribution in [3.8, 4) is 5.69 Å². The molecule has 2 heterocycles. The van der Waals surface area contributed by atoms with E-state index in [0.29, 0.717) is 6.42 Å². The standard InChI is InChI=1S/C15H16N2O/c1-10-3-4-11(2)17(10)13-7-5-12-6-8-15(18)16-14(12)9-13/h3-5,7,9H,6,8H2,1-2H3,(H,16,18). The Kier molecular flexibility index (Phi) is 2.47. The molecule has 1 amide bonds. The van der Waals surface area contributed by atoms with Crippen LogP contribution in [0.4, 0.5) is 5.69 Å². The number of hydrogen-bond donors (Lipinski definition) is 1. The Balaban J connectivity index is 2.10. The molecular formula is C15H16N2O. The molecule has 0 saturated carbocycles. The van der Waals surface area contributed by atoms with Gasteiger partial charge >= 0.3 is 0 Å². The minimum atomic E-state index is 0.112. The largest absolute Gasteiger partial charge is 0.326 e. The molecule has 0 unspecified atom stereocenters. The highest BCUT2D eigenvalue weighted by atomic mass is 16.1. The Hall–Kier alpha value is -2.03. The van der Waals surface area contributed by atoms with Crippen molar-refractivity contribution in [1.82, 2.24) is 4.57 Å². The molecular weight excluding hydrogens is 224 g/mol. The van der Waals surface area contributed by atoms with Crippen LogP contribution in [0.15, 0.2) is 30.3 Å². The van der Waals surface area contributed by atoms with Crippen molar-refractivity contribution in [3.05, 3.63) is 47.3 Å². The molecule has 1 aliphatic rings. The quantitative estimate of drug-likeness (QED) is 0.817. The normalized spacial score (nSPS) is 14.2. The Labute approximate surface area is 106 Å². The summed E-state index contributed by atoms with van der Waals surface area (Å²) in [5, 5.41) is 2.95. The number of hydrogen-bond acceptors (Lipinski definition) is 1. The van der Waals surface area contributed by atoms with Gasteiger partial charge in [-0.25, -0.2) is 0 Å². The fraction of sp³-hybridized carbons (Fsp3) is 0.267. The topological polar surface area (TPSA) is 34.0 Å². The van der Waals surface area contributed by atoms with Crippen LogP contribution in [0.3, 0.4) is 0 Å². The van der Waals surface area contributed by atoms with Crippen molar-refractivity contribution in [2.24, 2.45) is 0 Å². The van der Waals surface area contributed by atoms with E-state index in [1.54, 1.807) is 0 Å². The molecule has 0 saturated heterocycles. The van der Waals surface area contributed by atoms with E-state index < -0.39 is 0 Å². The predicted octanol–water partition coefficient (Wildman–Crippen LogP) is 2.98. The molecule has 1 aromatic carbocycles. The zero-order chi connectivity index (χ0) is 12.7. The van der Waals surface area contributed by atoms with Crippen molar-refractivity contribution >= 4 is 11.6 Å². The van der Waals surface area contributed by atoms with Crippen LogP contribution in [0, 0.1) is 13.8 Å². The number of carbonyl (C=O) groups excluding carboxylic acids is 1. The SMILES string of the molecule is Cc1ccc(C)n1-c1ccc2c(c1)NC(=O)CC2. The van der Waals surface area contributed by atoms with Crippen LogP contribution in [0.25, 0.3) is 5.69 Å². The first-order valence-electron chi connectivity index (χ1n) is 6.23. The second-order valence-corrected chi connectivity index (χ2v) is 4.84. The molecule has 0 spiro atoms. The van der Waals surface area contributed by atoms with Crippen molar-refractivity contribution in [3.63, 3.8) is 0 Å². The van der Waals surface area contributed by atoms with Crippen LogP contribution in [0.1, 0.15) is 23.4 Å². The van der Waals surface area contributed by atoms with E-state index in [2.05, 4.69) is 54.1 Å². The Morgan fingerprint density at radius 2 is 1.78 bits per heavy atom. The summed E-state index contributed by atoms with van der Waals surface area (Å²) in [6.07, 6.45) is 1.43. The number of nitrogens with zero attached hydrogens (tertiary/aromatic N) is 1. The predicted molar refractivity (Wildman–Crippen MR) is 72.2 cm³/mol. The maximum Gasteiger partial charge on any atom is 0.224 e. The lowest BCUT2D eigenvalue weighted by atomic mass is 10.0. The van der Waals surface area contributed by atoms with Gasteiger partial charge in [-0.05, 0) is 50.1 Å². The van der Waals surface area contributed by atoms with Gasteiger partial charge in [-0.2, -0.15) is 0 Å². The fourth-order valence-corrected chi connectivity index (χ4v) is 2.57. The van der Waals surface area contributed by atoms with Crippen molar-refractivity contribution < 1.29 is 4.79 Å². The molecule has 2 aromatic rings. The molecule has 0 aliphatic carbocycles. The van der Waals surface area contributed by atoms with Gasteiger partial charge in [-0.15, -0.1) is 0 Å². The van der Waals surface area contributed by atoms with E-state index in [1.165, 1.54) is 17.0 Å². The summed E-state index contributed by atoms with van der Waals surface area (Å²) < 4.78 is 2.20. The van der Waals surface area contributed by atoms with Crippen LogP contribution >= 0.6 is 0 Å². The minimum Gasteiger partial charge on any atom is -0.326 e. The molecule has 1 aromatic heterocycles. The molecule has 0 fully saturated rings. The number of rotatable bonds is 1. The van der Waals surface area contributed by atoms with Crippen LogP contribution in [0.5, 0.6) is 0 Å². The summed E-state index contributed by atoms with van der Waals surface area (Å²) in [6.45, 7) is 4.18. The van der Waals surface area contributed by atoms with Gasteiger partial charge in [0.1, 0.15) is 0 Å². The lowest BCUT2D eigenvalue weighted by molar-refractivity contribution is -0.116. The molecule has 92 valence electrons. The molecule has 3 heteroatoms. The van der Waals surface area contributed by atoms with Crippen LogP contribution in [-0.4, -0.2) is 10.5 Å². The van der Waals surface area contributed by atoms with Gasteiger partial charge in [0.15, 0.2) is 0 Å². The van der Waals surface area contributed by atoms with Gasteiger partial charge in [0.25, 0.3) is 0 Å². The van der Waals surface area contributed by atoms with Gasteiger partial charge in [0, 0.05) is 29.2 Å².